The van der Waals surface area contributed by atoms with E-state index in [1.165, 1.54) is 19.3 Å². The normalized spacial score (nSPS) is 18.9. The van der Waals surface area contributed by atoms with Crippen molar-refractivity contribution in [1.29, 1.82) is 0 Å². The first-order valence-electron chi connectivity index (χ1n) is 6.25. The molecule has 1 unspecified atom stereocenters. The smallest absolute Gasteiger partial charge is 0.306 e. The van der Waals surface area contributed by atoms with E-state index in [4.69, 9.17) is 9.47 Å². The second-order valence-corrected chi connectivity index (χ2v) is 4.14. The zero-order chi connectivity index (χ0) is 11.6. The van der Waals surface area contributed by atoms with Crippen molar-refractivity contribution in [3.8, 4) is 0 Å². The molecule has 0 aromatic rings. The van der Waals surface area contributed by atoms with Crippen molar-refractivity contribution in [3.05, 3.63) is 12.2 Å². The van der Waals surface area contributed by atoms with Gasteiger partial charge in [-0.2, -0.15) is 0 Å². The molecule has 16 heavy (non-hydrogen) atoms. The molecule has 0 N–H and O–H groups in total. The van der Waals surface area contributed by atoms with E-state index in [1.807, 2.05) is 0 Å². The van der Waals surface area contributed by atoms with Crippen LogP contribution in [0.4, 0.5) is 0 Å². The van der Waals surface area contributed by atoms with Gasteiger partial charge in [0.2, 0.25) is 0 Å². The molecule has 0 bridgehead atoms. The topological polar surface area (TPSA) is 38.8 Å². The van der Waals surface area contributed by atoms with Crippen molar-refractivity contribution >= 4 is 5.97 Å². The molecule has 0 amide bonds. The Balaban J connectivity index is 1.86. The summed E-state index contributed by atoms with van der Waals surface area (Å²) >= 11 is 0. The predicted octanol–water partition coefficient (Wildman–Crippen LogP) is 2.85. The van der Waals surface area contributed by atoms with E-state index in [9.17, 15) is 4.79 Å². The number of esters is 1. The van der Waals surface area contributed by atoms with Crippen molar-refractivity contribution in [2.24, 2.45) is 0 Å². The predicted molar refractivity (Wildman–Crippen MR) is 63.2 cm³/mol. The van der Waals surface area contributed by atoms with Crippen LogP contribution in [0.25, 0.3) is 0 Å². The third kappa shape index (κ3) is 7.46. The van der Waals surface area contributed by atoms with Gasteiger partial charge >= 0.3 is 5.97 Å². The van der Waals surface area contributed by atoms with Gasteiger partial charge in [-0.3, -0.25) is 4.79 Å². The molecule has 1 heterocycles. The fourth-order valence-corrected chi connectivity index (χ4v) is 1.37. The average molecular weight is 226 g/mol. The van der Waals surface area contributed by atoms with Crippen LogP contribution < -0.4 is 0 Å². The van der Waals surface area contributed by atoms with Gasteiger partial charge in [0.1, 0.15) is 12.7 Å². The lowest BCUT2D eigenvalue weighted by Crippen LogP contribution is -2.08. The fraction of sp³-hybridized carbons (Fsp3) is 0.769. The van der Waals surface area contributed by atoms with Crippen molar-refractivity contribution in [2.75, 3.05) is 13.2 Å². The van der Waals surface area contributed by atoms with E-state index in [0.29, 0.717) is 13.0 Å². The quantitative estimate of drug-likeness (QED) is 0.263. The van der Waals surface area contributed by atoms with E-state index in [1.54, 1.807) is 0 Å². The molecule has 0 aliphatic carbocycles. The average Bonchev–Trinajstić information content (AvgIpc) is 3.09. The van der Waals surface area contributed by atoms with Gasteiger partial charge in [-0.05, 0) is 19.3 Å². The van der Waals surface area contributed by atoms with Gasteiger partial charge in [0, 0.05) is 6.42 Å². The van der Waals surface area contributed by atoms with Crippen LogP contribution in [0, 0.1) is 0 Å². The Morgan fingerprint density at radius 3 is 2.81 bits per heavy atom. The van der Waals surface area contributed by atoms with Crippen LogP contribution in [0.3, 0.4) is 0 Å². The van der Waals surface area contributed by atoms with E-state index < -0.39 is 0 Å². The molecule has 1 aliphatic heterocycles. The second-order valence-electron chi connectivity index (χ2n) is 4.14. The molecule has 92 valence electrons. The highest BCUT2D eigenvalue weighted by atomic mass is 16.6. The van der Waals surface area contributed by atoms with Crippen LogP contribution in [0.15, 0.2) is 12.2 Å². The largest absolute Gasteiger partial charge is 0.463 e. The molecule has 3 nitrogen and oxygen atoms in total. The summed E-state index contributed by atoms with van der Waals surface area (Å²) < 4.78 is 9.96. The summed E-state index contributed by atoms with van der Waals surface area (Å²) in [6, 6.07) is 0. The first-order valence-corrected chi connectivity index (χ1v) is 6.25. The van der Waals surface area contributed by atoms with Gasteiger partial charge < -0.3 is 9.47 Å². The molecular formula is C13H22O3. The van der Waals surface area contributed by atoms with Crippen molar-refractivity contribution in [3.63, 3.8) is 0 Å². The molecular weight excluding hydrogens is 204 g/mol. The molecule has 0 saturated carbocycles. The maximum atomic E-state index is 11.2. The Morgan fingerprint density at radius 1 is 1.38 bits per heavy atom. The summed E-state index contributed by atoms with van der Waals surface area (Å²) in [5.74, 6) is -0.117. The van der Waals surface area contributed by atoms with Gasteiger partial charge in [-0.1, -0.05) is 31.9 Å². The van der Waals surface area contributed by atoms with Gasteiger partial charge in [0.05, 0.1) is 6.61 Å². The van der Waals surface area contributed by atoms with Crippen LogP contribution >= 0.6 is 0 Å². The molecule has 1 aliphatic rings. The number of carbonyl (C=O) groups excluding carboxylic acids is 1. The van der Waals surface area contributed by atoms with Crippen LogP contribution in [-0.4, -0.2) is 25.3 Å². The highest BCUT2D eigenvalue weighted by molar-refractivity contribution is 5.69. The summed E-state index contributed by atoms with van der Waals surface area (Å²) in [4.78, 5) is 11.2. The third-order valence-corrected chi connectivity index (χ3v) is 2.49. The number of hydrogen-bond acceptors (Lipinski definition) is 3. The molecule has 3 heteroatoms. The van der Waals surface area contributed by atoms with Crippen LogP contribution in [0.1, 0.15) is 45.4 Å². The SMILES string of the molecule is CCCCCC=CCCC(=O)OCC1CO1. The van der Waals surface area contributed by atoms with Crippen molar-refractivity contribution in [2.45, 2.75) is 51.6 Å². The fourth-order valence-electron chi connectivity index (χ4n) is 1.37. The maximum Gasteiger partial charge on any atom is 0.306 e. The highest BCUT2D eigenvalue weighted by Gasteiger charge is 2.23. The van der Waals surface area contributed by atoms with E-state index in [2.05, 4.69) is 19.1 Å². The van der Waals surface area contributed by atoms with Gasteiger partial charge in [-0.25, -0.2) is 0 Å². The second kappa shape index (κ2) is 8.34. The van der Waals surface area contributed by atoms with Crippen LogP contribution in [-0.2, 0) is 14.3 Å². The number of rotatable bonds is 9. The summed E-state index contributed by atoms with van der Waals surface area (Å²) in [5.41, 5.74) is 0. The number of carbonyl (C=O) groups is 1. The van der Waals surface area contributed by atoms with Crippen molar-refractivity contribution in [1.82, 2.24) is 0 Å². The highest BCUT2D eigenvalue weighted by Crippen LogP contribution is 2.09. The third-order valence-electron chi connectivity index (χ3n) is 2.49. The molecule has 1 atom stereocenters. The summed E-state index contributed by atoms with van der Waals surface area (Å²) in [6.45, 7) is 3.37. The van der Waals surface area contributed by atoms with E-state index in [0.717, 1.165) is 19.4 Å². The molecule has 0 spiro atoms. The molecule has 0 radical (unpaired) electrons. The number of epoxide rings is 1. The zero-order valence-electron chi connectivity index (χ0n) is 10.1. The summed E-state index contributed by atoms with van der Waals surface area (Å²) in [6.07, 6.45) is 10.6. The lowest BCUT2D eigenvalue weighted by Gasteiger charge is -2.00. The number of hydrogen-bond donors (Lipinski definition) is 0. The Bertz CT molecular complexity index is 219. The first-order chi connectivity index (χ1) is 7.83. The minimum atomic E-state index is -0.117. The van der Waals surface area contributed by atoms with Crippen LogP contribution in [0.2, 0.25) is 0 Å². The molecule has 0 aromatic carbocycles. The standard InChI is InChI=1S/C13H22O3/c1-2-3-4-5-6-7-8-9-13(14)16-11-12-10-15-12/h6-7,12H,2-5,8-11H2,1H3. The van der Waals surface area contributed by atoms with Gasteiger partial charge in [0.25, 0.3) is 0 Å². The van der Waals surface area contributed by atoms with E-state index >= 15 is 0 Å². The Labute approximate surface area is 97.8 Å². The van der Waals surface area contributed by atoms with Gasteiger partial charge in [0.15, 0.2) is 0 Å². The Kier molecular flexibility index (Phi) is 6.90. The lowest BCUT2D eigenvalue weighted by atomic mass is 10.2. The summed E-state index contributed by atoms with van der Waals surface area (Å²) in [7, 11) is 0. The molecule has 1 fully saturated rings. The summed E-state index contributed by atoms with van der Waals surface area (Å²) in [5, 5.41) is 0. The maximum absolute atomic E-state index is 11.2. The molecule has 0 aromatic heterocycles. The zero-order valence-corrected chi connectivity index (χ0v) is 10.1. The van der Waals surface area contributed by atoms with Gasteiger partial charge in [-0.15, -0.1) is 0 Å². The van der Waals surface area contributed by atoms with Crippen molar-refractivity contribution < 1.29 is 14.3 Å². The monoisotopic (exact) mass is 226 g/mol. The Morgan fingerprint density at radius 2 is 2.12 bits per heavy atom. The minimum absolute atomic E-state index is 0.117. The number of allylic oxidation sites excluding steroid dienone is 2. The molecule has 1 rings (SSSR count). The molecule has 1 saturated heterocycles. The number of unbranched alkanes of at least 4 members (excludes halogenated alkanes) is 3. The van der Waals surface area contributed by atoms with Crippen LogP contribution in [0.5, 0.6) is 0 Å². The lowest BCUT2D eigenvalue weighted by molar-refractivity contribution is -0.144. The Hall–Kier alpha value is -0.830. The number of ether oxygens (including phenoxy) is 2. The minimum Gasteiger partial charge on any atom is -0.463 e. The van der Waals surface area contributed by atoms with E-state index in [-0.39, 0.29) is 12.1 Å². The first kappa shape index (κ1) is 13.2.